The SMILES string of the molecule is CCc1nn(CC)c(CC2(O)CCN(C)C(C)C2)c1Br. The minimum absolute atomic E-state index is 0.427. The molecule has 1 aromatic heterocycles. The molecule has 20 heavy (non-hydrogen) atoms. The molecule has 0 spiro atoms. The molecule has 0 saturated carbocycles. The summed E-state index contributed by atoms with van der Waals surface area (Å²) in [7, 11) is 2.13. The van der Waals surface area contributed by atoms with Crippen LogP contribution < -0.4 is 0 Å². The van der Waals surface area contributed by atoms with Crippen molar-refractivity contribution in [2.45, 2.75) is 64.6 Å². The maximum absolute atomic E-state index is 11.0. The van der Waals surface area contributed by atoms with Crippen LogP contribution in [-0.4, -0.2) is 45.0 Å². The number of piperidine rings is 1. The number of aliphatic hydroxyl groups is 1. The molecule has 2 unspecified atom stereocenters. The van der Waals surface area contributed by atoms with Crippen molar-refractivity contribution in [3.63, 3.8) is 0 Å². The van der Waals surface area contributed by atoms with E-state index in [-0.39, 0.29) is 0 Å². The Kier molecular flexibility index (Phi) is 4.92. The standard InChI is InChI=1S/C15H26BrN3O/c1-5-12-14(16)13(19(6-2)17-12)10-15(20)7-8-18(4)11(3)9-15/h11,20H,5-10H2,1-4H3. The van der Waals surface area contributed by atoms with Gasteiger partial charge in [-0.05, 0) is 56.1 Å². The Labute approximate surface area is 130 Å². The van der Waals surface area contributed by atoms with Crippen molar-refractivity contribution in [3.05, 3.63) is 15.9 Å². The van der Waals surface area contributed by atoms with Gasteiger partial charge in [-0.15, -0.1) is 0 Å². The average Bonchev–Trinajstić information content (AvgIpc) is 2.71. The first-order valence-electron chi connectivity index (χ1n) is 7.57. The highest BCUT2D eigenvalue weighted by Crippen LogP contribution is 2.33. The lowest BCUT2D eigenvalue weighted by Crippen LogP contribution is -2.49. The summed E-state index contributed by atoms with van der Waals surface area (Å²) in [5, 5.41) is 15.6. The highest BCUT2D eigenvalue weighted by atomic mass is 79.9. The smallest absolute Gasteiger partial charge is 0.0766 e. The summed E-state index contributed by atoms with van der Waals surface area (Å²) < 4.78 is 3.12. The van der Waals surface area contributed by atoms with Crippen LogP contribution in [0.5, 0.6) is 0 Å². The molecule has 0 bridgehead atoms. The van der Waals surface area contributed by atoms with Gasteiger partial charge in [-0.3, -0.25) is 4.68 Å². The van der Waals surface area contributed by atoms with E-state index in [0.717, 1.165) is 48.2 Å². The monoisotopic (exact) mass is 343 g/mol. The first-order chi connectivity index (χ1) is 9.40. The molecule has 5 heteroatoms. The Morgan fingerprint density at radius 2 is 2.15 bits per heavy atom. The molecule has 0 radical (unpaired) electrons. The molecule has 0 amide bonds. The van der Waals surface area contributed by atoms with Gasteiger partial charge < -0.3 is 10.0 Å². The van der Waals surface area contributed by atoms with E-state index in [1.807, 2.05) is 4.68 Å². The summed E-state index contributed by atoms with van der Waals surface area (Å²) in [6, 6.07) is 0.427. The number of aryl methyl sites for hydroxylation is 2. The summed E-state index contributed by atoms with van der Waals surface area (Å²) in [4.78, 5) is 2.32. The number of nitrogens with zero attached hydrogens (tertiary/aromatic N) is 3. The van der Waals surface area contributed by atoms with E-state index in [1.54, 1.807) is 0 Å². The molecule has 114 valence electrons. The van der Waals surface area contributed by atoms with Crippen LogP contribution in [0.25, 0.3) is 0 Å². The van der Waals surface area contributed by atoms with Gasteiger partial charge in [0.2, 0.25) is 0 Å². The maximum atomic E-state index is 11.0. The minimum Gasteiger partial charge on any atom is -0.389 e. The summed E-state index contributed by atoms with van der Waals surface area (Å²) in [5.41, 5.74) is 1.63. The lowest BCUT2D eigenvalue weighted by molar-refractivity contribution is -0.0367. The second kappa shape index (κ2) is 6.16. The molecular weight excluding hydrogens is 318 g/mol. The molecule has 1 saturated heterocycles. The largest absolute Gasteiger partial charge is 0.389 e. The normalized spacial score (nSPS) is 28.0. The molecular formula is C15H26BrN3O. The van der Waals surface area contributed by atoms with Crippen LogP contribution in [-0.2, 0) is 19.4 Å². The molecule has 1 N–H and O–H groups in total. The van der Waals surface area contributed by atoms with E-state index in [1.165, 1.54) is 0 Å². The molecule has 1 aliphatic heterocycles. The van der Waals surface area contributed by atoms with Gasteiger partial charge in [0.05, 0.1) is 21.5 Å². The van der Waals surface area contributed by atoms with Crippen LogP contribution in [0.4, 0.5) is 0 Å². The fourth-order valence-electron chi connectivity index (χ4n) is 3.07. The first-order valence-corrected chi connectivity index (χ1v) is 8.36. The third-order valence-corrected chi connectivity index (χ3v) is 5.46. The summed E-state index contributed by atoms with van der Waals surface area (Å²) in [6.45, 7) is 8.20. The third-order valence-electron chi connectivity index (χ3n) is 4.55. The molecule has 1 aromatic rings. The minimum atomic E-state index is -0.605. The molecule has 4 nitrogen and oxygen atoms in total. The Balaban J connectivity index is 2.23. The molecule has 2 rings (SSSR count). The molecule has 0 aromatic carbocycles. The van der Waals surface area contributed by atoms with Gasteiger partial charge in [0.15, 0.2) is 0 Å². The highest BCUT2D eigenvalue weighted by molar-refractivity contribution is 9.10. The number of hydrogen-bond acceptors (Lipinski definition) is 3. The van der Waals surface area contributed by atoms with E-state index in [9.17, 15) is 5.11 Å². The van der Waals surface area contributed by atoms with E-state index in [0.29, 0.717) is 12.5 Å². The van der Waals surface area contributed by atoms with Gasteiger partial charge in [-0.1, -0.05) is 6.92 Å². The Bertz CT molecular complexity index is 474. The fraction of sp³-hybridized carbons (Fsp3) is 0.800. The van der Waals surface area contributed by atoms with Crippen molar-refractivity contribution in [1.29, 1.82) is 0 Å². The van der Waals surface area contributed by atoms with E-state index < -0.39 is 5.60 Å². The van der Waals surface area contributed by atoms with E-state index >= 15 is 0 Å². The van der Waals surface area contributed by atoms with Crippen molar-refractivity contribution in [2.75, 3.05) is 13.6 Å². The number of hydrogen-bond donors (Lipinski definition) is 1. The highest BCUT2D eigenvalue weighted by Gasteiger charge is 2.36. The Morgan fingerprint density at radius 1 is 1.45 bits per heavy atom. The van der Waals surface area contributed by atoms with E-state index in [2.05, 4.69) is 53.7 Å². The fourth-order valence-corrected chi connectivity index (χ4v) is 3.78. The zero-order valence-corrected chi connectivity index (χ0v) is 14.6. The second-order valence-electron chi connectivity index (χ2n) is 6.06. The van der Waals surface area contributed by atoms with Crippen LogP contribution in [0, 0.1) is 0 Å². The predicted octanol–water partition coefficient (Wildman–Crippen LogP) is 2.62. The lowest BCUT2D eigenvalue weighted by atomic mass is 9.83. The quantitative estimate of drug-likeness (QED) is 0.913. The Hall–Kier alpha value is -0.390. The number of halogens is 1. The van der Waals surface area contributed by atoms with Crippen LogP contribution in [0.1, 0.15) is 45.0 Å². The van der Waals surface area contributed by atoms with Crippen LogP contribution in [0.3, 0.4) is 0 Å². The van der Waals surface area contributed by atoms with Crippen molar-refractivity contribution >= 4 is 15.9 Å². The van der Waals surface area contributed by atoms with Crippen molar-refractivity contribution in [1.82, 2.24) is 14.7 Å². The molecule has 1 fully saturated rings. The van der Waals surface area contributed by atoms with Gasteiger partial charge >= 0.3 is 0 Å². The van der Waals surface area contributed by atoms with Crippen molar-refractivity contribution < 1.29 is 5.11 Å². The maximum Gasteiger partial charge on any atom is 0.0766 e. The van der Waals surface area contributed by atoms with Crippen LogP contribution in [0.15, 0.2) is 4.47 Å². The molecule has 0 aliphatic carbocycles. The number of rotatable bonds is 4. The number of aromatic nitrogens is 2. The topological polar surface area (TPSA) is 41.3 Å². The van der Waals surface area contributed by atoms with Gasteiger partial charge in [-0.2, -0.15) is 5.10 Å². The summed E-state index contributed by atoms with van der Waals surface area (Å²) >= 11 is 3.68. The van der Waals surface area contributed by atoms with Gasteiger partial charge in [-0.25, -0.2) is 0 Å². The van der Waals surface area contributed by atoms with Gasteiger partial charge in [0.1, 0.15) is 0 Å². The summed E-state index contributed by atoms with van der Waals surface area (Å²) in [5.74, 6) is 0. The lowest BCUT2D eigenvalue weighted by Gasteiger charge is -2.41. The molecule has 2 heterocycles. The zero-order chi connectivity index (χ0) is 14.9. The third kappa shape index (κ3) is 3.10. The van der Waals surface area contributed by atoms with Crippen LogP contribution >= 0.6 is 15.9 Å². The second-order valence-corrected chi connectivity index (χ2v) is 6.85. The van der Waals surface area contributed by atoms with Crippen LogP contribution in [0.2, 0.25) is 0 Å². The zero-order valence-electron chi connectivity index (χ0n) is 13.0. The summed E-state index contributed by atoms with van der Waals surface area (Å²) in [6.07, 6.45) is 3.26. The van der Waals surface area contributed by atoms with Gasteiger partial charge in [0, 0.05) is 25.6 Å². The molecule has 1 aliphatic rings. The Morgan fingerprint density at radius 3 is 2.70 bits per heavy atom. The predicted molar refractivity (Wildman–Crippen MR) is 85.0 cm³/mol. The van der Waals surface area contributed by atoms with Crippen molar-refractivity contribution in [3.8, 4) is 0 Å². The average molecular weight is 344 g/mol. The first kappa shape index (κ1) is 16.0. The van der Waals surface area contributed by atoms with Crippen molar-refractivity contribution in [2.24, 2.45) is 0 Å². The molecule has 2 atom stereocenters. The van der Waals surface area contributed by atoms with E-state index in [4.69, 9.17) is 0 Å². The number of likely N-dealkylation sites (tertiary alicyclic amines) is 1. The van der Waals surface area contributed by atoms with Gasteiger partial charge in [0.25, 0.3) is 0 Å².